The summed E-state index contributed by atoms with van der Waals surface area (Å²) in [6.07, 6.45) is 1.46. The SMILES string of the molecule is Cc1ccc(COc2ccc(/C=N\NC(=O)C(=O)Nc3cccc(C)c3)cc2)cc1. The average Bonchev–Trinajstić information content (AvgIpc) is 2.74. The Hall–Kier alpha value is -3.93. The van der Waals surface area contributed by atoms with Gasteiger partial charge in [-0.2, -0.15) is 5.10 Å². The number of anilines is 1. The van der Waals surface area contributed by atoms with Crippen LogP contribution in [0.2, 0.25) is 0 Å². The van der Waals surface area contributed by atoms with Crippen LogP contribution >= 0.6 is 0 Å². The van der Waals surface area contributed by atoms with Crippen LogP contribution in [-0.4, -0.2) is 18.0 Å². The molecule has 3 rings (SSSR count). The van der Waals surface area contributed by atoms with Crippen LogP contribution in [0.25, 0.3) is 0 Å². The zero-order chi connectivity index (χ0) is 21.3. The summed E-state index contributed by atoms with van der Waals surface area (Å²) in [7, 11) is 0. The van der Waals surface area contributed by atoms with Gasteiger partial charge >= 0.3 is 11.8 Å². The lowest BCUT2D eigenvalue weighted by atomic mass is 10.2. The van der Waals surface area contributed by atoms with Gasteiger partial charge in [0.2, 0.25) is 0 Å². The highest BCUT2D eigenvalue weighted by Crippen LogP contribution is 2.14. The largest absolute Gasteiger partial charge is 0.489 e. The smallest absolute Gasteiger partial charge is 0.329 e. The molecule has 0 aromatic heterocycles. The number of aryl methyl sites for hydroxylation is 2. The number of carbonyl (C=O) groups is 2. The van der Waals surface area contributed by atoms with E-state index in [0.717, 1.165) is 22.4 Å². The number of ether oxygens (including phenoxy) is 1. The average molecular weight is 401 g/mol. The van der Waals surface area contributed by atoms with Gasteiger partial charge in [-0.25, -0.2) is 5.43 Å². The van der Waals surface area contributed by atoms with Crippen molar-refractivity contribution in [3.05, 3.63) is 95.1 Å². The number of nitrogens with one attached hydrogen (secondary N) is 2. The molecule has 0 saturated heterocycles. The monoisotopic (exact) mass is 401 g/mol. The van der Waals surface area contributed by atoms with E-state index in [1.807, 2.05) is 68.4 Å². The summed E-state index contributed by atoms with van der Waals surface area (Å²) in [5, 5.41) is 6.35. The number of hydrogen-bond acceptors (Lipinski definition) is 4. The first-order valence-electron chi connectivity index (χ1n) is 9.49. The molecule has 3 aromatic rings. The van der Waals surface area contributed by atoms with Gasteiger partial charge in [-0.15, -0.1) is 0 Å². The Morgan fingerprint density at radius 2 is 1.63 bits per heavy atom. The molecule has 0 aliphatic rings. The van der Waals surface area contributed by atoms with E-state index >= 15 is 0 Å². The Kier molecular flexibility index (Phi) is 6.95. The van der Waals surface area contributed by atoms with E-state index in [4.69, 9.17) is 4.74 Å². The van der Waals surface area contributed by atoms with Crippen LogP contribution in [0.5, 0.6) is 5.75 Å². The molecule has 0 bridgehead atoms. The summed E-state index contributed by atoms with van der Waals surface area (Å²) in [6, 6.07) is 22.6. The third kappa shape index (κ3) is 6.31. The number of carbonyl (C=O) groups excluding carboxylic acids is 2. The summed E-state index contributed by atoms with van der Waals surface area (Å²) < 4.78 is 5.76. The zero-order valence-electron chi connectivity index (χ0n) is 16.9. The van der Waals surface area contributed by atoms with Crippen molar-refractivity contribution in [3.8, 4) is 5.75 Å². The summed E-state index contributed by atoms with van der Waals surface area (Å²) >= 11 is 0. The van der Waals surface area contributed by atoms with Crippen molar-refractivity contribution in [3.63, 3.8) is 0 Å². The van der Waals surface area contributed by atoms with Crippen LogP contribution in [0.3, 0.4) is 0 Å². The summed E-state index contributed by atoms with van der Waals surface area (Å²) in [4.78, 5) is 23.8. The molecular formula is C24H23N3O3. The maximum Gasteiger partial charge on any atom is 0.329 e. The molecule has 3 aromatic carbocycles. The first-order valence-corrected chi connectivity index (χ1v) is 9.49. The van der Waals surface area contributed by atoms with Crippen molar-refractivity contribution in [2.24, 2.45) is 5.10 Å². The molecular weight excluding hydrogens is 378 g/mol. The highest BCUT2D eigenvalue weighted by atomic mass is 16.5. The number of hydrogen-bond donors (Lipinski definition) is 2. The van der Waals surface area contributed by atoms with Gasteiger partial charge in [0.25, 0.3) is 0 Å². The summed E-state index contributed by atoms with van der Waals surface area (Å²) in [5.41, 5.74) is 6.83. The molecule has 30 heavy (non-hydrogen) atoms. The van der Waals surface area contributed by atoms with Gasteiger partial charge in [0.1, 0.15) is 12.4 Å². The summed E-state index contributed by atoms with van der Waals surface area (Å²) in [5.74, 6) is -0.891. The lowest BCUT2D eigenvalue weighted by Gasteiger charge is -2.07. The van der Waals surface area contributed by atoms with E-state index in [1.54, 1.807) is 18.2 Å². The van der Waals surface area contributed by atoms with E-state index in [1.165, 1.54) is 11.8 Å². The van der Waals surface area contributed by atoms with Gasteiger partial charge in [0, 0.05) is 5.69 Å². The standard InChI is InChI=1S/C24H23N3O3/c1-17-6-8-20(9-7-17)16-30-22-12-10-19(11-13-22)15-25-27-24(29)23(28)26-21-5-3-4-18(2)14-21/h3-15H,16H2,1-2H3,(H,26,28)(H,27,29)/b25-15-. The second-order valence-corrected chi connectivity index (χ2v) is 6.87. The molecule has 0 radical (unpaired) electrons. The van der Waals surface area contributed by atoms with Gasteiger partial charge < -0.3 is 10.1 Å². The molecule has 2 amide bonds. The quantitative estimate of drug-likeness (QED) is 0.373. The van der Waals surface area contributed by atoms with Crippen LogP contribution < -0.4 is 15.5 Å². The van der Waals surface area contributed by atoms with Crippen molar-refractivity contribution < 1.29 is 14.3 Å². The van der Waals surface area contributed by atoms with Crippen molar-refractivity contribution in [1.29, 1.82) is 0 Å². The van der Waals surface area contributed by atoms with E-state index in [9.17, 15) is 9.59 Å². The molecule has 0 aliphatic carbocycles. The van der Waals surface area contributed by atoms with Crippen LogP contribution in [0.15, 0.2) is 77.9 Å². The van der Waals surface area contributed by atoms with Gasteiger partial charge in [0.15, 0.2) is 0 Å². The first-order chi connectivity index (χ1) is 14.5. The van der Waals surface area contributed by atoms with Gasteiger partial charge in [0.05, 0.1) is 6.21 Å². The molecule has 6 nitrogen and oxygen atoms in total. The Morgan fingerprint density at radius 3 is 2.33 bits per heavy atom. The molecule has 2 N–H and O–H groups in total. The van der Waals surface area contributed by atoms with Gasteiger partial charge in [-0.05, 0) is 66.9 Å². The van der Waals surface area contributed by atoms with Crippen LogP contribution in [0.1, 0.15) is 22.3 Å². The molecule has 0 fully saturated rings. The number of hydrazone groups is 1. The Balaban J connectivity index is 1.46. The predicted octanol–water partition coefficient (Wildman–Crippen LogP) is 3.97. The highest BCUT2D eigenvalue weighted by Gasteiger charge is 2.12. The molecule has 0 heterocycles. The fourth-order valence-corrected chi connectivity index (χ4v) is 2.63. The Labute approximate surface area is 175 Å². The van der Waals surface area contributed by atoms with Gasteiger partial charge in [-0.1, -0.05) is 42.0 Å². The maximum absolute atomic E-state index is 11.9. The van der Waals surface area contributed by atoms with E-state index in [-0.39, 0.29) is 0 Å². The highest BCUT2D eigenvalue weighted by molar-refractivity contribution is 6.39. The normalized spacial score (nSPS) is 10.6. The lowest BCUT2D eigenvalue weighted by Crippen LogP contribution is -2.32. The van der Waals surface area contributed by atoms with E-state index in [2.05, 4.69) is 15.8 Å². The molecule has 0 unspecified atom stereocenters. The summed E-state index contributed by atoms with van der Waals surface area (Å²) in [6.45, 7) is 4.43. The van der Waals surface area contributed by atoms with E-state index in [0.29, 0.717) is 12.3 Å². The lowest BCUT2D eigenvalue weighted by molar-refractivity contribution is -0.136. The molecule has 0 spiro atoms. The molecule has 152 valence electrons. The Bertz CT molecular complexity index is 1040. The second-order valence-electron chi connectivity index (χ2n) is 6.87. The number of rotatable bonds is 6. The fourth-order valence-electron chi connectivity index (χ4n) is 2.63. The number of amides is 2. The minimum atomic E-state index is -0.842. The molecule has 0 atom stereocenters. The third-order valence-corrected chi connectivity index (χ3v) is 4.27. The zero-order valence-corrected chi connectivity index (χ0v) is 16.9. The van der Waals surface area contributed by atoms with E-state index < -0.39 is 11.8 Å². The predicted molar refractivity (Wildman–Crippen MR) is 117 cm³/mol. The van der Waals surface area contributed by atoms with Crippen LogP contribution in [0, 0.1) is 13.8 Å². The maximum atomic E-state index is 11.9. The minimum Gasteiger partial charge on any atom is -0.489 e. The molecule has 6 heteroatoms. The molecule has 0 saturated carbocycles. The van der Waals surface area contributed by atoms with Crippen molar-refractivity contribution in [2.45, 2.75) is 20.5 Å². The fraction of sp³-hybridized carbons (Fsp3) is 0.125. The van der Waals surface area contributed by atoms with Gasteiger partial charge in [-0.3, -0.25) is 9.59 Å². The van der Waals surface area contributed by atoms with Crippen molar-refractivity contribution >= 4 is 23.7 Å². The van der Waals surface area contributed by atoms with Crippen LogP contribution in [-0.2, 0) is 16.2 Å². The van der Waals surface area contributed by atoms with Crippen LogP contribution in [0.4, 0.5) is 5.69 Å². The van der Waals surface area contributed by atoms with Crippen molar-refractivity contribution in [1.82, 2.24) is 5.43 Å². The number of nitrogens with zero attached hydrogens (tertiary/aromatic N) is 1. The Morgan fingerprint density at radius 1 is 0.900 bits per heavy atom. The topological polar surface area (TPSA) is 79.8 Å². The molecule has 0 aliphatic heterocycles. The van der Waals surface area contributed by atoms with Crippen molar-refractivity contribution in [2.75, 3.05) is 5.32 Å². The minimum absolute atomic E-state index is 0.486. The number of benzene rings is 3. The first kappa shape index (κ1) is 20.8. The second kappa shape index (κ2) is 10.0. The third-order valence-electron chi connectivity index (χ3n) is 4.27.